The van der Waals surface area contributed by atoms with Crippen LogP contribution in [0.1, 0.15) is 46.9 Å². The second-order valence-electron chi connectivity index (χ2n) is 8.05. The summed E-state index contributed by atoms with van der Waals surface area (Å²) in [5.41, 5.74) is 5.26. The van der Waals surface area contributed by atoms with E-state index in [1.54, 1.807) is 21.0 Å². The number of nitrogens with zero attached hydrogens (tertiary/aromatic N) is 2. The average molecular weight is 415 g/mol. The number of hydrogen-bond acceptors (Lipinski definition) is 4. The third-order valence-corrected chi connectivity index (χ3v) is 5.59. The first-order valence-corrected chi connectivity index (χ1v) is 10.6. The molecule has 3 aromatic rings. The lowest BCUT2D eigenvalue weighted by Crippen LogP contribution is -2.35. The van der Waals surface area contributed by atoms with Gasteiger partial charge in [-0.3, -0.25) is 4.79 Å². The Labute approximate surface area is 182 Å². The number of ether oxygens (including phenoxy) is 1. The standard InChI is InChI=1S/C26H26N2O3/c1-17(25(29)28(2)3)31-26(30)23-20-13-7-8-15-22(20)27-24-19(12-9-14-21(23)24)16-18-10-5-4-6-11-18/h4-8,10-11,13,15-17H,9,12,14H2,1-3H3/b19-16+/t17-/m1/s1. The number of hydrogen-bond donors (Lipinski definition) is 0. The number of esters is 1. The zero-order valence-electron chi connectivity index (χ0n) is 18.1. The summed E-state index contributed by atoms with van der Waals surface area (Å²) in [4.78, 5) is 31.9. The van der Waals surface area contributed by atoms with Gasteiger partial charge in [-0.2, -0.15) is 0 Å². The minimum Gasteiger partial charge on any atom is -0.449 e. The first-order chi connectivity index (χ1) is 15.0. The molecule has 0 saturated heterocycles. The summed E-state index contributed by atoms with van der Waals surface area (Å²) >= 11 is 0. The molecule has 0 N–H and O–H groups in total. The van der Waals surface area contributed by atoms with Crippen molar-refractivity contribution in [3.8, 4) is 0 Å². The van der Waals surface area contributed by atoms with Gasteiger partial charge in [0.25, 0.3) is 5.91 Å². The quantitative estimate of drug-likeness (QED) is 0.579. The van der Waals surface area contributed by atoms with Crippen LogP contribution in [0.5, 0.6) is 0 Å². The number of aromatic nitrogens is 1. The van der Waals surface area contributed by atoms with Crippen molar-refractivity contribution in [2.75, 3.05) is 14.1 Å². The molecule has 0 aliphatic heterocycles. The van der Waals surface area contributed by atoms with Crippen LogP contribution in [0.2, 0.25) is 0 Å². The molecule has 158 valence electrons. The van der Waals surface area contributed by atoms with Crippen molar-refractivity contribution in [2.45, 2.75) is 32.3 Å². The number of allylic oxidation sites excluding steroid dienone is 1. The maximum atomic E-state index is 13.3. The molecule has 0 bridgehead atoms. The fraction of sp³-hybridized carbons (Fsp3) is 0.269. The molecule has 0 fully saturated rings. The Balaban J connectivity index is 1.83. The zero-order valence-corrected chi connectivity index (χ0v) is 18.1. The number of likely N-dealkylation sites (N-methyl/N-ethyl adjacent to an activating group) is 1. The maximum Gasteiger partial charge on any atom is 0.339 e. The Hall–Kier alpha value is -3.47. The van der Waals surface area contributed by atoms with E-state index in [4.69, 9.17) is 9.72 Å². The topological polar surface area (TPSA) is 59.5 Å². The van der Waals surface area contributed by atoms with Crippen LogP contribution in [0.15, 0.2) is 54.6 Å². The molecule has 1 amide bonds. The number of carbonyl (C=O) groups excluding carboxylic acids is 2. The fourth-order valence-electron chi connectivity index (χ4n) is 4.09. The number of fused-ring (bicyclic) bond motifs is 2. The number of para-hydroxylation sites is 1. The van der Waals surface area contributed by atoms with E-state index in [0.29, 0.717) is 5.56 Å². The van der Waals surface area contributed by atoms with Crippen LogP contribution in [-0.2, 0) is 16.0 Å². The third-order valence-electron chi connectivity index (χ3n) is 5.59. The van der Waals surface area contributed by atoms with E-state index < -0.39 is 12.1 Å². The Morgan fingerprint density at radius 3 is 2.48 bits per heavy atom. The lowest BCUT2D eigenvalue weighted by Gasteiger charge is -2.23. The van der Waals surface area contributed by atoms with Crippen LogP contribution in [0.4, 0.5) is 0 Å². The highest BCUT2D eigenvalue weighted by molar-refractivity contribution is 6.07. The summed E-state index contributed by atoms with van der Waals surface area (Å²) in [6.45, 7) is 1.61. The molecule has 2 aromatic carbocycles. The van der Waals surface area contributed by atoms with Gasteiger partial charge in [0.05, 0.1) is 16.8 Å². The van der Waals surface area contributed by atoms with Crippen LogP contribution in [0.25, 0.3) is 22.6 Å². The van der Waals surface area contributed by atoms with E-state index in [1.165, 1.54) is 4.90 Å². The molecule has 0 spiro atoms. The van der Waals surface area contributed by atoms with Gasteiger partial charge in [0, 0.05) is 19.5 Å². The van der Waals surface area contributed by atoms with E-state index in [2.05, 4.69) is 18.2 Å². The monoisotopic (exact) mass is 414 g/mol. The highest BCUT2D eigenvalue weighted by Gasteiger charge is 2.28. The van der Waals surface area contributed by atoms with Crippen molar-refractivity contribution < 1.29 is 14.3 Å². The minimum absolute atomic E-state index is 0.245. The summed E-state index contributed by atoms with van der Waals surface area (Å²) in [5.74, 6) is -0.719. The van der Waals surface area contributed by atoms with Gasteiger partial charge in [0.2, 0.25) is 0 Å². The molecule has 0 saturated carbocycles. The predicted molar refractivity (Wildman–Crippen MR) is 123 cm³/mol. The summed E-state index contributed by atoms with van der Waals surface area (Å²) in [5, 5.41) is 0.761. The Morgan fingerprint density at radius 1 is 1.03 bits per heavy atom. The molecule has 5 heteroatoms. The Morgan fingerprint density at radius 2 is 1.74 bits per heavy atom. The highest BCUT2D eigenvalue weighted by atomic mass is 16.5. The molecule has 4 rings (SSSR count). The number of rotatable bonds is 4. The second kappa shape index (κ2) is 8.72. The van der Waals surface area contributed by atoms with Gasteiger partial charge >= 0.3 is 5.97 Å². The van der Waals surface area contributed by atoms with E-state index in [9.17, 15) is 9.59 Å². The Bertz CT molecular complexity index is 1170. The number of carbonyl (C=O) groups is 2. The van der Waals surface area contributed by atoms with Gasteiger partial charge in [-0.15, -0.1) is 0 Å². The van der Waals surface area contributed by atoms with Crippen molar-refractivity contribution in [1.29, 1.82) is 0 Å². The van der Waals surface area contributed by atoms with Gasteiger partial charge < -0.3 is 9.64 Å². The molecule has 31 heavy (non-hydrogen) atoms. The largest absolute Gasteiger partial charge is 0.449 e. The van der Waals surface area contributed by atoms with Gasteiger partial charge in [0.1, 0.15) is 0 Å². The first-order valence-electron chi connectivity index (χ1n) is 10.6. The van der Waals surface area contributed by atoms with Gasteiger partial charge in [0.15, 0.2) is 6.10 Å². The third kappa shape index (κ3) is 4.22. The minimum atomic E-state index is -0.854. The summed E-state index contributed by atoms with van der Waals surface area (Å²) in [7, 11) is 3.30. The number of amides is 1. The van der Waals surface area contributed by atoms with Crippen LogP contribution >= 0.6 is 0 Å². The molecule has 1 heterocycles. The molecule has 1 aliphatic carbocycles. The summed E-state index contributed by atoms with van der Waals surface area (Å²) < 4.78 is 5.61. The SMILES string of the molecule is C[C@@H](OC(=O)c1c2c(nc3ccccc13)/C(=C/c1ccccc1)CCC2)C(=O)N(C)C. The molecular weight excluding hydrogens is 388 g/mol. The summed E-state index contributed by atoms with van der Waals surface area (Å²) in [6.07, 6.45) is 3.87. The Kier molecular flexibility index (Phi) is 5.85. The van der Waals surface area contributed by atoms with E-state index in [-0.39, 0.29) is 5.91 Å². The molecule has 1 atom stereocenters. The average Bonchev–Trinajstić information content (AvgIpc) is 2.77. The van der Waals surface area contributed by atoms with Crippen molar-refractivity contribution >= 4 is 34.4 Å². The van der Waals surface area contributed by atoms with Crippen LogP contribution < -0.4 is 0 Å². The smallest absolute Gasteiger partial charge is 0.339 e. The van der Waals surface area contributed by atoms with Crippen LogP contribution in [0, 0.1) is 0 Å². The number of benzene rings is 2. The lowest BCUT2D eigenvalue weighted by atomic mass is 9.86. The van der Waals surface area contributed by atoms with E-state index in [0.717, 1.165) is 52.6 Å². The molecular formula is C26H26N2O3. The van der Waals surface area contributed by atoms with Crippen LogP contribution in [0.3, 0.4) is 0 Å². The fourth-order valence-corrected chi connectivity index (χ4v) is 4.09. The normalized spacial score (nSPS) is 15.4. The first kappa shape index (κ1) is 20.8. The predicted octanol–water partition coefficient (Wildman–Crippen LogP) is 4.75. The van der Waals surface area contributed by atoms with Gasteiger partial charge in [-0.1, -0.05) is 48.5 Å². The maximum absolute atomic E-state index is 13.3. The lowest BCUT2D eigenvalue weighted by molar-refractivity contribution is -0.137. The van der Waals surface area contributed by atoms with Crippen molar-refractivity contribution in [1.82, 2.24) is 9.88 Å². The van der Waals surface area contributed by atoms with Crippen molar-refractivity contribution in [3.05, 3.63) is 77.0 Å². The van der Waals surface area contributed by atoms with Crippen molar-refractivity contribution in [3.63, 3.8) is 0 Å². The van der Waals surface area contributed by atoms with E-state index >= 15 is 0 Å². The van der Waals surface area contributed by atoms with Gasteiger partial charge in [-0.25, -0.2) is 9.78 Å². The molecule has 0 unspecified atom stereocenters. The number of pyridine rings is 1. The highest BCUT2D eigenvalue weighted by Crippen LogP contribution is 2.36. The zero-order chi connectivity index (χ0) is 22.0. The van der Waals surface area contributed by atoms with Crippen LogP contribution in [-0.4, -0.2) is 42.0 Å². The van der Waals surface area contributed by atoms with E-state index in [1.807, 2.05) is 42.5 Å². The van der Waals surface area contributed by atoms with Gasteiger partial charge in [-0.05, 0) is 55.0 Å². The van der Waals surface area contributed by atoms with Crippen molar-refractivity contribution in [2.24, 2.45) is 0 Å². The molecule has 0 radical (unpaired) electrons. The molecule has 1 aliphatic rings. The molecule has 5 nitrogen and oxygen atoms in total. The summed E-state index contributed by atoms with van der Waals surface area (Å²) in [6, 6.07) is 17.8. The second-order valence-corrected chi connectivity index (χ2v) is 8.05. The molecule has 1 aromatic heterocycles.